The lowest BCUT2D eigenvalue weighted by atomic mass is 10.1. The zero-order valence-electron chi connectivity index (χ0n) is 9.17. The molecule has 0 aromatic heterocycles. The van der Waals surface area contributed by atoms with Gasteiger partial charge in [-0.25, -0.2) is 0 Å². The quantitative estimate of drug-likeness (QED) is 0.735. The highest BCUT2D eigenvalue weighted by atomic mass is 32.2. The molecule has 2 atom stereocenters. The number of carbonyl (C=O) groups excluding carboxylic acids is 1. The molecule has 1 amide bonds. The number of nitrogens with one attached hydrogen (secondary N) is 2. The van der Waals surface area contributed by atoms with Gasteiger partial charge in [-0.2, -0.15) is 0 Å². The van der Waals surface area contributed by atoms with Gasteiger partial charge in [0.15, 0.2) is 0 Å². The van der Waals surface area contributed by atoms with Crippen molar-refractivity contribution in [2.75, 3.05) is 18.8 Å². The Bertz CT molecular complexity index is 191. The van der Waals surface area contributed by atoms with Gasteiger partial charge in [0.25, 0.3) is 0 Å². The molecule has 1 rings (SSSR count). The van der Waals surface area contributed by atoms with E-state index in [1.54, 1.807) is 11.8 Å². The SMILES string of the molecule is CC(C)C(C)NC(=O)C1CNCCS1. The van der Waals surface area contributed by atoms with Gasteiger partial charge in [-0.05, 0) is 12.8 Å². The van der Waals surface area contributed by atoms with E-state index in [0.717, 1.165) is 18.8 Å². The van der Waals surface area contributed by atoms with E-state index in [0.29, 0.717) is 5.92 Å². The summed E-state index contributed by atoms with van der Waals surface area (Å²) in [6.07, 6.45) is 0. The molecule has 1 aliphatic rings. The first-order chi connectivity index (χ1) is 6.61. The zero-order valence-corrected chi connectivity index (χ0v) is 9.99. The van der Waals surface area contributed by atoms with Crippen LogP contribution < -0.4 is 10.6 Å². The summed E-state index contributed by atoms with van der Waals surface area (Å²) in [6, 6.07) is 0.269. The molecule has 2 unspecified atom stereocenters. The fourth-order valence-corrected chi connectivity index (χ4v) is 2.22. The second kappa shape index (κ2) is 5.61. The Hall–Kier alpha value is -0.220. The van der Waals surface area contributed by atoms with Crippen LogP contribution in [0.4, 0.5) is 0 Å². The van der Waals surface area contributed by atoms with E-state index >= 15 is 0 Å². The van der Waals surface area contributed by atoms with E-state index in [2.05, 4.69) is 31.4 Å². The molecule has 1 saturated heterocycles. The third-order valence-electron chi connectivity index (χ3n) is 2.59. The molecule has 4 heteroatoms. The Morgan fingerprint density at radius 3 is 2.71 bits per heavy atom. The molecule has 0 aromatic rings. The third-order valence-corrected chi connectivity index (χ3v) is 3.81. The molecule has 2 N–H and O–H groups in total. The summed E-state index contributed by atoms with van der Waals surface area (Å²) in [5.74, 6) is 1.72. The highest BCUT2D eigenvalue weighted by molar-refractivity contribution is 8.00. The van der Waals surface area contributed by atoms with Gasteiger partial charge in [0.05, 0.1) is 5.25 Å². The minimum Gasteiger partial charge on any atom is -0.352 e. The Morgan fingerprint density at radius 2 is 2.21 bits per heavy atom. The van der Waals surface area contributed by atoms with Crippen molar-refractivity contribution < 1.29 is 4.79 Å². The van der Waals surface area contributed by atoms with Gasteiger partial charge in [0, 0.05) is 24.9 Å². The Morgan fingerprint density at radius 1 is 1.50 bits per heavy atom. The summed E-state index contributed by atoms with van der Waals surface area (Å²) in [5.41, 5.74) is 0. The predicted molar refractivity (Wildman–Crippen MR) is 61.6 cm³/mol. The topological polar surface area (TPSA) is 41.1 Å². The van der Waals surface area contributed by atoms with Gasteiger partial charge in [-0.15, -0.1) is 11.8 Å². The standard InChI is InChI=1S/C10H20N2OS/c1-7(2)8(3)12-10(13)9-6-11-4-5-14-9/h7-9,11H,4-6H2,1-3H3,(H,12,13). The molecule has 1 heterocycles. The minimum atomic E-state index is 0.102. The molecule has 82 valence electrons. The van der Waals surface area contributed by atoms with Crippen molar-refractivity contribution in [2.45, 2.75) is 32.1 Å². The molecule has 0 aliphatic carbocycles. The largest absolute Gasteiger partial charge is 0.352 e. The maximum Gasteiger partial charge on any atom is 0.234 e. The second-order valence-corrected chi connectivity index (χ2v) is 5.42. The predicted octanol–water partition coefficient (Wildman–Crippen LogP) is 0.852. The average Bonchev–Trinajstić information content (AvgIpc) is 2.19. The van der Waals surface area contributed by atoms with Crippen molar-refractivity contribution in [2.24, 2.45) is 5.92 Å². The Labute approximate surface area is 90.4 Å². The first-order valence-corrected chi connectivity index (χ1v) is 6.29. The fraction of sp³-hybridized carbons (Fsp3) is 0.900. The molecule has 0 spiro atoms. The maximum absolute atomic E-state index is 11.7. The molecule has 1 fully saturated rings. The molecule has 1 aliphatic heterocycles. The molecule has 0 saturated carbocycles. The fourth-order valence-electron chi connectivity index (χ4n) is 1.22. The van der Waals surface area contributed by atoms with Crippen LogP contribution in [0, 0.1) is 5.92 Å². The van der Waals surface area contributed by atoms with Crippen molar-refractivity contribution in [3.05, 3.63) is 0 Å². The van der Waals surface area contributed by atoms with Gasteiger partial charge in [0.2, 0.25) is 5.91 Å². The van der Waals surface area contributed by atoms with Gasteiger partial charge >= 0.3 is 0 Å². The van der Waals surface area contributed by atoms with Crippen LogP contribution in [-0.4, -0.2) is 36.0 Å². The van der Waals surface area contributed by atoms with Crippen molar-refractivity contribution >= 4 is 17.7 Å². The average molecular weight is 216 g/mol. The molecule has 3 nitrogen and oxygen atoms in total. The van der Waals surface area contributed by atoms with Gasteiger partial charge < -0.3 is 10.6 Å². The van der Waals surface area contributed by atoms with Crippen LogP contribution in [0.5, 0.6) is 0 Å². The van der Waals surface area contributed by atoms with E-state index in [1.807, 2.05) is 0 Å². The first-order valence-electron chi connectivity index (χ1n) is 5.24. The lowest BCUT2D eigenvalue weighted by molar-refractivity contribution is -0.121. The summed E-state index contributed by atoms with van der Waals surface area (Å²) >= 11 is 1.75. The van der Waals surface area contributed by atoms with Crippen LogP contribution in [0.3, 0.4) is 0 Å². The third kappa shape index (κ3) is 3.50. The van der Waals surface area contributed by atoms with Crippen molar-refractivity contribution in [1.29, 1.82) is 0 Å². The Kier molecular flexibility index (Phi) is 4.75. The van der Waals surface area contributed by atoms with E-state index in [4.69, 9.17) is 0 Å². The van der Waals surface area contributed by atoms with Crippen LogP contribution in [0.1, 0.15) is 20.8 Å². The highest BCUT2D eigenvalue weighted by Crippen LogP contribution is 2.14. The summed E-state index contributed by atoms with van der Waals surface area (Å²) in [4.78, 5) is 11.7. The van der Waals surface area contributed by atoms with E-state index < -0.39 is 0 Å². The van der Waals surface area contributed by atoms with Gasteiger partial charge in [-0.1, -0.05) is 13.8 Å². The summed E-state index contributed by atoms with van der Waals surface area (Å²) in [7, 11) is 0. The number of amides is 1. The normalized spacial score (nSPS) is 24.7. The minimum absolute atomic E-state index is 0.102. The van der Waals surface area contributed by atoms with Crippen LogP contribution in [-0.2, 0) is 4.79 Å². The lowest BCUT2D eigenvalue weighted by Gasteiger charge is -2.25. The van der Waals surface area contributed by atoms with Gasteiger partial charge in [-0.3, -0.25) is 4.79 Å². The van der Waals surface area contributed by atoms with Crippen LogP contribution in [0.25, 0.3) is 0 Å². The summed E-state index contributed by atoms with van der Waals surface area (Å²) in [5, 5.41) is 6.39. The van der Waals surface area contributed by atoms with Gasteiger partial charge in [0.1, 0.15) is 0 Å². The lowest BCUT2D eigenvalue weighted by Crippen LogP contribution is -2.47. The number of hydrogen-bond donors (Lipinski definition) is 2. The van der Waals surface area contributed by atoms with Crippen molar-refractivity contribution in [1.82, 2.24) is 10.6 Å². The number of thioether (sulfide) groups is 1. The van der Waals surface area contributed by atoms with Crippen molar-refractivity contribution in [3.63, 3.8) is 0 Å². The number of rotatable bonds is 3. The van der Waals surface area contributed by atoms with Crippen LogP contribution >= 0.6 is 11.8 Å². The maximum atomic E-state index is 11.7. The van der Waals surface area contributed by atoms with E-state index in [1.165, 1.54) is 0 Å². The van der Waals surface area contributed by atoms with Crippen LogP contribution in [0.15, 0.2) is 0 Å². The number of hydrogen-bond acceptors (Lipinski definition) is 3. The van der Waals surface area contributed by atoms with E-state index in [-0.39, 0.29) is 17.2 Å². The molecule has 0 bridgehead atoms. The summed E-state index contributed by atoms with van der Waals surface area (Å²) < 4.78 is 0. The monoisotopic (exact) mass is 216 g/mol. The van der Waals surface area contributed by atoms with Crippen molar-refractivity contribution in [3.8, 4) is 0 Å². The zero-order chi connectivity index (χ0) is 10.6. The van der Waals surface area contributed by atoms with E-state index in [9.17, 15) is 4.79 Å². The number of carbonyl (C=O) groups is 1. The second-order valence-electron chi connectivity index (χ2n) is 4.10. The molecule has 0 aromatic carbocycles. The highest BCUT2D eigenvalue weighted by Gasteiger charge is 2.23. The van der Waals surface area contributed by atoms with Crippen LogP contribution in [0.2, 0.25) is 0 Å². The molecule has 14 heavy (non-hydrogen) atoms. The molecular weight excluding hydrogens is 196 g/mol. The molecular formula is C10H20N2OS. The first kappa shape index (κ1) is 11.9. The summed E-state index contributed by atoms with van der Waals surface area (Å²) in [6.45, 7) is 8.13. The Balaban J connectivity index is 2.33. The smallest absolute Gasteiger partial charge is 0.234 e. The molecule has 0 radical (unpaired) electrons.